The number of amides is 2. The third kappa shape index (κ3) is 3.50. The molecule has 2 amide bonds. The van der Waals surface area contributed by atoms with E-state index in [-0.39, 0.29) is 12.5 Å². The molecular formula is C18H18N4O3. The van der Waals surface area contributed by atoms with Gasteiger partial charge < -0.3 is 15.5 Å². The first kappa shape index (κ1) is 16.6. The Hall–Kier alpha value is -3.22. The van der Waals surface area contributed by atoms with E-state index in [0.717, 1.165) is 11.3 Å². The van der Waals surface area contributed by atoms with Crippen LogP contribution in [0.25, 0.3) is 11.3 Å². The third-order valence-corrected chi connectivity index (χ3v) is 4.06. The van der Waals surface area contributed by atoms with Crippen LogP contribution in [0.2, 0.25) is 0 Å². The minimum atomic E-state index is -0.711. The Labute approximate surface area is 145 Å². The van der Waals surface area contributed by atoms with Gasteiger partial charge in [-0.2, -0.15) is 0 Å². The number of likely N-dealkylation sites (tertiary alicyclic amines) is 1. The number of oxime groups is 1. The summed E-state index contributed by atoms with van der Waals surface area (Å²) in [6.45, 7) is 0.224. The van der Waals surface area contributed by atoms with Gasteiger partial charge in [-0.05, 0) is 24.3 Å². The van der Waals surface area contributed by atoms with E-state index in [9.17, 15) is 9.59 Å². The number of nitrogens with zero attached hydrogens (tertiary/aromatic N) is 3. The van der Waals surface area contributed by atoms with Gasteiger partial charge in [0.05, 0.1) is 18.0 Å². The fourth-order valence-corrected chi connectivity index (χ4v) is 2.85. The van der Waals surface area contributed by atoms with E-state index >= 15 is 0 Å². The number of aromatic nitrogens is 1. The summed E-state index contributed by atoms with van der Waals surface area (Å²) in [6.07, 6.45) is 2.01. The minimum absolute atomic E-state index is 0.224. The summed E-state index contributed by atoms with van der Waals surface area (Å²) in [4.78, 5) is 34.9. The minimum Gasteiger partial charge on any atom is -0.399 e. The maximum atomic E-state index is 12.8. The fourth-order valence-electron chi connectivity index (χ4n) is 2.85. The van der Waals surface area contributed by atoms with Gasteiger partial charge in [-0.1, -0.05) is 23.4 Å². The molecule has 0 aliphatic carbocycles. The van der Waals surface area contributed by atoms with Gasteiger partial charge in [0, 0.05) is 23.7 Å². The Kier molecular flexibility index (Phi) is 4.74. The molecule has 0 radical (unpaired) electrons. The number of primary amides is 1. The van der Waals surface area contributed by atoms with Crippen molar-refractivity contribution in [2.75, 3.05) is 13.7 Å². The first-order chi connectivity index (χ1) is 12.1. The van der Waals surface area contributed by atoms with Crippen LogP contribution >= 0.6 is 0 Å². The standard InChI is InChI=1S/C18H18N4O3/c1-25-21-14-10-16(17(19)23)22(11-14)18(24)13-7-5-12(6-8-13)15-4-2-3-9-20-15/h2-9,16H,10-11H2,1H3,(H2,19,23). The van der Waals surface area contributed by atoms with E-state index in [4.69, 9.17) is 10.6 Å². The van der Waals surface area contributed by atoms with E-state index < -0.39 is 11.9 Å². The van der Waals surface area contributed by atoms with Crippen LogP contribution in [0.3, 0.4) is 0 Å². The number of hydrogen-bond donors (Lipinski definition) is 1. The zero-order chi connectivity index (χ0) is 17.8. The Morgan fingerprint density at radius 1 is 1.24 bits per heavy atom. The predicted molar refractivity (Wildman–Crippen MR) is 92.8 cm³/mol. The molecule has 1 saturated heterocycles. The molecule has 2 aromatic rings. The summed E-state index contributed by atoms with van der Waals surface area (Å²) in [5.74, 6) is -0.822. The quantitative estimate of drug-likeness (QED) is 0.853. The van der Waals surface area contributed by atoms with E-state index in [2.05, 4.69) is 10.1 Å². The highest BCUT2D eigenvalue weighted by atomic mass is 16.6. The van der Waals surface area contributed by atoms with Crippen molar-refractivity contribution in [2.45, 2.75) is 12.5 Å². The Morgan fingerprint density at radius 3 is 2.60 bits per heavy atom. The van der Waals surface area contributed by atoms with Crippen molar-refractivity contribution in [3.63, 3.8) is 0 Å². The molecule has 128 valence electrons. The van der Waals surface area contributed by atoms with Crippen molar-refractivity contribution >= 4 is 17.5 Å². The molecule has 7 nitrogen and oxygen atoms in total. The van der Waals surface area contributed by atoms with Gasteiger partial charge in [0.25, 0.3) is 5.91 Å². The monoisotopic (exact) mass is 338 g/mol. The highest BCUT2D eigenvalue weighted by Crippen LogP contribution is 2.21. The number of carbonyl (C=O) groups is 2. The van der Waals surface area contributed by atoms with Gasteiger partial charge in [-0.15, -0.1) is 0 Å². The molecule has 0 bridgehead atoms. The summed E-state index contributed by atoms with van der Waals surface area (Å²) in [5, 5.41) is 3.84. The molecule has 2 N–H and O–H groups in total. The molecule has 1 aliphatic heterocycles. The molecule has 0 saturated carbocycles. The average Bonchev–Trinajstić information content (AvgIpc) is 3.07. The number of hydrogen-bond acceptors (Lipinski definition) is 5. The lowest BCUT2D eigenvalue weighted by Gasteiger charge is -2.21. The number of benzene rings is 1. The summed E-state index contributed by atoms with van der Waals surface area (Å²) in [7, 11) is 1.42. The van der Waals surface area contributed by atoms with Crippen molar-refractivity contribution in [3.05, 3.63) is 54.2 Å². The molecule has 1 aliphatic rings. The Balaban J connectivity index is 1.82. The lowest BCUT2D eigenvalue weighted by Crippen LogP contribution is -2.43. The van der Waals surface area contributed by atoms with Gasteiger partial charge in [0.15, 0.2) is 0 Å². The van der Waals surface area contributed by atoms with Crippen molar-refractivity contribution in [3.8, 4) is 11.3 Å². The van der Waals surface area contributed by atoms with Crippen LogP contribution in [0.4, 0.5) is 0 Å². The second-order valence-corrected chi connectivity index (χ2v) is 5.69. The number of pyridine rings is 1. The van der Waals surface area contributed by atoms with Crippen LogP contribution in [-0.2, 0) is 9.63 Å². The van der Waals surface area contributed by atoms with E-state index in [0.29, 0.717) is 17.7 Å². The van der Waals surface area contributed by atoms with Crippen LogP contribution in [0.5, 0.6) is 0 Å². The lowest BCUT2D eigenvalue weighted by molar-refractivity contribution is -0.121. The molecule has 1 atom stereocenters. The molecule has 1 aromatic carbocycles. The molecule has 0 spiro atoms. The van der Waals surface area contributed by atoms with Gasteiger partial charge >= 0.3 is 0 Å². The maximum absolute atomic E-state index is 12.8. The van der Waals surface area contributed by atoms with Crippen LogP contribution in [-0.4, -0.2) is 47.1 Å². The van der Waals surface area contributed by atoms with Crippen LogP contribution in [0.15, 0.2) is 53.8 Å². The van der Waals surface area contributed by atoms with Crippen molar-refractivity contribution in [1.29, 1.82) is 0 Å². The Morgan fingerprint density at radius 2 is 2.00 bits per heavy atom. The maximum Gasteiger partial charge on any atom is 0.254 e. The van der Waals surface area contributed by atoms with E-state index in [1.165, 1.54) is 12.0 Å². The highest BCUT2D eigenvalue weighted by molar-refractivity contribution is 6.05. The smallest absolute Gasteiger partial charge is 0.254 e. The fraction of sp³-hybridized carbons (Fsp3) is 0.222. The second-order valence-electron chi connectivity index (χ2n) is 5.69. The van der Waals surface area contributed by atoms with E-state index in [1.54, 1.807) is 18.3 Å². The normalized spacial score (nSPS) is 18.4. The van der Waals surface area contributed by atoms with Crippen molar-refractivity contribution in [1.82, 2.24) is 9.88 Å². The zero-order valence-corrected chi connectivity index (χ0v) is 13.8. The molecular weight excluding hydrogens is 320 g/mol. The number of nitrogens with two attached hydrogens (primary N) is 1. The second kappa shape index (κ2) is 7.12. The molecule has 1 aromatic heterocycles. The largest absolute Gasteiger partial charge is 0.399 e. The molecule has 3 rings (SSSR count). The zero-order valence-electron chi connectivity index (χ0n) is 13.8. The first-order valence-electron chi connectivity index (χ1n) is 7.81. The Bertz CT molecular complexity index is 803. The topological polar surface area (TPSA) is 97.9 Å². The molecule has 2 heterocycles. The molecule has 25 heavy (non-hydrogen) atoms. The van der Waals surface area contributed by atoms with Gasteiger partial charge in [-0.3, -0.25) is 14.6 Å². The summed E-state index contributed by atoms with van der Waals surface area (Å²) < 4.78 is 0. The van der Waals surface area contributed by atoms with E-state index in [1.807, 2.05) is 30.3 Å². The first-order valence-corrected chi connectivity index (χ1v) is 7.81. The third-order valence-electron chi connectivity index (χ3n) is 4.06. The summed E-state index contributed by atoms with van der Waals surface area (Å²) in [5.41, 5.74) is 8.25. The number of rotatable bonds is 4. The van der Waals surface area contributed by atoms with Gasteiger partial charge in [0.1, 0.15) is 13.2 Å². The highest BCUT2D eigenvalue weighted by Gasteiger charge is 2.37. The van der Waals surface area contributed by atoms with Crippen LogP contribution < -0.4 is 5.73 Å². The van der Waals surface area contributed by atoms with Crippen LogP contribution in [0, 0.1) is 0 Å². The predicted octanol–water partition coefficient (Wildman–Crippen LogP) is 1.45. The van der Waals surface area contributed by atoms with Crippen molar-refractivity contribution < 1.29 is 14.4 Å². The van der Waals surface area contributed by atoms with Gasteiger partial charge in [-0.25, -0.2) is 0 Å². The number of carbonyl (C=O) groups excluding carboxylic acids is 2. The van der Waals surface area contributed by atoms with Crippen LogP contribution in [0.1, 0.15) is 16.8 Å². The SMILES string of the molecule is CON=C1CC(C(N)=O)N(C(=O)c2ccc(-c3ccccn3)cc2)C1. The summed E-state index contributed by atoms with van der Waals surface area (Å²) in [6, 6.07) is 12.0. The average molecular weight is 338 g/mol. The molecule has 1 unspecified atom stereocenters. The van der Waals surface area contributed by atoms with Gasteiger partial charge in [0.2, 0.25) is 5.91 Å². The summed E-state index contributed by atoms with van der Waals surface area (Å²) >= 11 is 0. The van der Waals surface area contributed by atoms with Crippen molar-refractivity contribution in [2.24, 2.45) is 10.9 Å². The molecule has 1 fully saturated rings. The molecule has 7 heteroatoms. The lowest BCUT2D eigenvalue weighted by atomic mass is 10.1.